The third-order valence-corrected chi connectivity index (χ3v) is 4.26. The Balaban J connectivity index is 0.00000192. The van der Waals surface area contributed by atoms with Crippen LogP contribution < -0.4 is 5.32 Å². The normalized spacial score (nSPS) is 14.6. The first-order valence-corrected chi connectivity index (χ1v) is 7.37. The highest BCUT2D eigenvalue weighted by Gasteiger charge is 2.26. The molecule has 23 heavy (non-hydrogen) atoms. The molecule has 2 heterocycles. The van der Waals surface area contributed by atoms with Crippen molar-refractivity contribution in [3.8, 4) is 0 Å². The molecule has 124 valence electrons. The summed E-state index contributed by atoms with van der Waals surface area (Å²) in [7, 11) is 1.74. The number of carbonyl (C=O) groups excluding carboxylic acids is 1. The second-order valence-electron chi connectivity index (χ2n) is 5.60. The van der Waals surface area contributed by atoms with E-state index in [1.54, 1.807) is 24.1 Å². The molecule has 2 N–H and O–H groups in total. The molecule has 0 bridgehead atoms. The Morgan fingerprint density at radius 3 is 2.74 bits per heavy atom. The van der Waals surface area contributed by atoms with Gasteiger partial charge in [-0.05, 0) is 24.6 Å². The monoisotopic (exact) mass is 338 g/mol. The molecule has 1 aromatic heterocycles. The Hall–Kier alpha value is -1.92. The van der Waals surface area contributed by atoms with Crippen LogP contribution in [-0.4, -0.2) is 34.6 Å². The number of hydrogen-bond donors (Lipinski definition) is 2. The number of halogens is 2. The molecule has 0 spiro atoms. The van der Waals surface area contributed by atoms with Gasteiger partial charge in [-0.3, -0.25) is 9.89 Å². The van der Waals surface area contributed by atoms with Crippen molar-refractivity contribution in [1.29, 1.82) is 0 Å². The van der Waals surface area contributed by atoms with Crippen LogP contribution in [0.4, 0.5) is 4.39 Å². The molecule has 5 nitrogen and oxygen atoms in total. The second-order valence-corrected chi connectivity index (χ2v) is 5.60. The highest BCUT2D eigenvalue weighted by Crippen LogP contribution is 2.23. The van der Waals surface area contributed by atoms with Gasteiger partial charge in [-0.2, -0.15) is 5.10 Å². The molecule has 1 atom stereocenters. The number of aromatic amines is 1. The number of H-pyrrole nitrogens is 1. The maximum absolute atomic E-state index is 13.0. The van der Waals surface area contributed by atoms with Crippen LogP contribution in [0.3, 0.4) is 0 Å². The molecule has 1 aromatic carbocycles. The molecule has 1 amide bonds. The SMILES string of the molecule is CC(c1ccc(F)cc1)N(C)C(=O)c1n[nH]c2c1CNCC2.Cl. The first-order valence-electron chi connectivity index (χ1n) is 7.37. The van der Waals surface area contributed by atoms with Gasteiger partial charge in [-0.1, -0.05) is 12.1 Å². The summed E-state index contributed by atoms with van der Waals surface area (Å²) in [6.07, 6.45) is 0.854. The van der Waals surface area contributed by atoms with E-state index in [9.17, 15) is 9.18 Å². The molecule has 2 aromatic rings. The van der Waals surface area contributed by atoms with Crippen LogP contribution >= 0.6 is 12.4 Å². The Kier molecular flexibility index (Phi) is 5.38. The molecule has 1 unspecified atom stereocenters. The van der Waals surface area contributed by atoms with Gasteiger partial charge >= 0.3 is 0 Å². The Morgan fingerprint density at radius 1 is 1.35 bits per heavy atom. The molecule has 0 saturated heterocycles. The lowest BCUT2D eigenvalue weighted by Gasteiger charge is -2.25. The fourth-order valence-corrected chi connectivity index (χ4v) is 2.71. The maximum Gasteiger partial charge on any atom is 0.274 e. The Labute approximate surface area is 140 Å². The molecule has 7 heteroatoms. The van der Waals surface area contributed by atoms with Gasteiger partial charge in [0.15, 0.2) is 5.69 Å². The van der Waals surface area contributed by atoms with Crippen molar-refractivity contribution in [1.82, 2.24) is 20.4 Å². The van der Waals surface area contributed by atoms with E-state index in [1.165, 1.54) is 12.1 Å². The van der Waals surface area contributed by atoms with E-state index < -0.39 is 0 Å². The minimum Gasteiger partial charge on any atom is -0.334 e. The largest absolute Gasteiger partial charge is 0.334 e. The molecule has 0 aliphatic carbocycles. The fourth-order valence-electron chi connectivity index (χ4n) is 2.71. The van der Waals surface area contributed by atoms with Crippen LogP contribution in [-0.2, 0) is 13.0 Å². The summed E-state index contributed by atoms with van der Waals surface area (Å²) in [5.74, 6) is -0.407. The van der Waals surface area contributed by atoms with Gasteiger partial charge in [0, 0.05) is 37.8 Å². The standard InChI is InChI=1S/C16H19FN4O.ClH/c1-10(11-3-5-12(17)6-4-11)21(2)16(22)15-13-9-18-8-7-14(13)19-20-15;/h3-6,10,18H,7-9H2,1-2H3,(H,19,20);1H. The fraction of sp³-hybridized carbons (Fsp3) is 0.375. The van der Waals surface area contributed by atoms with Crippen LogP contribution in [0.25, 0.3) is 0 Å². The number of benzene rings is 1. The second kappa shape index (κ2) is 7.10. The van der Waals surface area contributed by atoms with Gasteiger partial charge in [0.05, 0.1) is 6.04 Å². The first kappa shape index (κ1) is 17.4. The van der Waals surface area contributed by atoms with Gasteiger partial charge in [-0.25, -0.2) is 4.39 Å². The quantitative estimate of drug-likeness (QED) is 0.903. The number of rotatable bonds is 3. The molecule has 0 saturated carbocycles. The van der Waals surface area contributed by atoms with Crippen LogP contribution in [0.15, 0.2) is 24.3 Å². The predicted molar refractivity (Wildman–Crippen MR) is 88.2 cm³/mol. The van der Waals surface area contributed by atoms with Gasteiger partial charge in [0.2, 0.25) is 0 Å². The van der Waals surface area contributed by atoms with Crippen molar-refractivity contribution in [2.45, 2.75) is 25.9 Å². The van der Waals surface area contributed by atoms with E-state index in [-0.39, 0.29) is 30.2 Å². The van der Waals surface area contributed by atoms with E-state index >= 15 is 0 Å². The van der Waals surface area contributed by atoms with E-state index in [2.05, 4.69) is 15.5 Å². The van der Waals surface area contributed by atoms with Gasteiger partial charge in [0.1, 0.15) is 5.82 Å². The molecular weight excluding hydrogens is 319 g/mol. The Morgan fingerprint density at radius 2 is 2.04 bits per heavy atom. The maximum atomic E-state index is 13.0. The van der Waals surface area contributed by atoms with Crippen LogP contribution in [0.2, 0.25) is 0 Å². The minimum absolute atomic E-state index is 0. The molecule has 0 radical (unpaired) electrons. The van der Waals surface area contributed by atoms with Crippen molar-refractivity contribution in [2.24, 2.45) is 0 Å². The summed E-state index contributed by atoms with van der Waals surface area (Å²) in [5, 5.41) is 10.4. The summed E-state index contributed by atoms with van der Waals surface area (Å²) in [4.78, 5) is 14.3. The van der Waals surface area contributed by atoms with Crippen molar-refractivity contribution >= 4 is 18.3 Å². The summed E-state index contributed by atoms with van der Waals surface area (Å²) < 4.78 is 13.0. The molecule has 1 aliphatic rings. The van der Waals surface area contributed by atoms with Crippen LogP contribution in [0, 0.1) is 5.82 Å². The van der Waals surface area contributed by atoms with E-state index in [1.807, 2.05) is 6.92 Å². The number of nitrogens with one attached hydrogen (secondary N) is 2. The third-order valence-electron chi connectivity index (χ3n) is 4.26. The van der Waals surface area contributed by atoms with Crippen molar-refractivity contribution in [3.63, 3.8) is 0 Å². The highest BCUT2D eigenvalue weighted by molar-refractivity contribution is 5.94. The summed E-state index contributed by atoms with van der Waals surface area (Å²) in [5.41, 5.74) is 3.35. The van der Waals surface area contributed by atoms with Crippen LogP contribution in [0.1, 0.15) is 40.3 Å². The predicted octanol–water partition coefficient (Wildman–Crippen LogP) is 2.45. The van der Waals surface area contributed by atoms with Crippen molar-refractivity contribution in [2.75, 3.05) is 13.6 Å². The summed E-state index contributed by atoms with van der Waals surface area (Å²) in [6.45, 7) is 3.47. The smallest absolute Gasteiger partial charge is 0.274 e. The van der Waals surface area contributed by atoms with E-state index in [0.29, 0.717) is 12.2 Å². The number of aromatic nitrogens is 2. The molecule has 3 rings (SSSR count). The number of carbonyl (C=O) groups is 1. The average molecular weight is 339 g/mol. The minimum atomic E-state index is -0.280. The molecule has 1 aliphatic heterocycles. The average Bonchev–Trinajstić information content (AvgIpc) is 2.97. The number of fused-ring (bicyclic) bond motifs is 1. The zero-order valence-electron chi connectivity index (χ0n) is 13.1. The van der Waals surface area contributed by atoms with Crippen molar-refractivity contribution < 1.29 is 9.18 Å². The van der Waals surface area contributed by atoms with Gasteiger partial charge in [-0.15, -0.1) is 12.4 Å². The van der Waals surface area contributed by atoms with E-state index in [4.69, 9.17) is 0 Å². The molecular formula is C16H20ClFN4O. The zero-order chi connectivity index (χ0) is 15.7. The lowest BCUT2D eigenvalue weighted by atomic mass is 10.0. The number of nitrogens with zero attached hydrogens (tertiary/aromatic N) is 2. The van der Waals surface area contributed by atoms with Gasteiger partial charge in [0.25, 0.3) is 5.91 Å². The highest BCUT2D eigenvalue weighted by atomic mass is 35.5. The summed E-state index contributed by atoms with van der Waals surface area (Å²) >= 11 is 0. The third kappa shape index (κ3) is 3.38. The van der Waals surface area contributed by atoms with Crippen molar-refractivity contribution in [3.05, 3.63) is 52.6 Å². The lowest BCUT2D eigenvalue weighted by Crippen LogP contribution is -2.32. The molecule has 0 fully saturated rings. The van der Waals surface area contributed by atoms with E-state index in [0.717, 1.165) is 29.8 Å². The summed E-state index contributed by atoms with van der Waals surface area (Å²) in [6, 6.07) is 6.06. The lowest BCUT2D eigenvalue weighted by molar-refractivity contribution is 0.0735. The van der Waals surface area contributed by atoms with Crippen LogP contribution in [0.5, 0.6) is 0 Å². The zero-order valence-corrected chi connectivity index (χ0v) is 13.9. The number of amides is 1. The number of hydrogen-bond acceptors (Lipinski definition) is 3. The Bertz CT molecular complexity index is 686. The van der Waals surface area contributed by atoms with Gasteiger partial charge < -0.3 is 10.2 Å². The first-order chi connectivity index (χ1) is 10.6. The topological polar surface area (TPSA) is 61.0 Å².